The van der Waals surface area contributed by atoms with Crippen LogP contribution in [0.4, 0.5) is 0 Å². The molecule has 1 fully saturated rings. The summed E-state index contributed by atoms with van der Waals surface area (Å²) in [5.74, 6) is -0.886. The van der Waals surface area contributed by atoms with Gasteiger partial charge in [0.15, 0.2) is 0 Å². The van der Waals surface area contributed by atoms with Crippen LogP contribution < -0.4 is 0 Å². The fourth-order valence-corrected chi connectivity index (χ4v) is 3.48. The van der Waals surface area contributed by atoms with Crippen LogP contribution in [0, 0.1) is 5.92 Å². The maximum atomic E-state index is 11.2. The van der Waals surface area contributed by atoms with E-state index in [0.29, 0.717) is 6.54 Å². The lowest BCUT2D eigenvalue weighted by molar-refractivity contribution is -0.143. The van der Waals surface area contributed by atoms with E-state index in [4.69, 9.17) is 0 Å². The first-order chi connectivity index (χ1) is 12.1. The third-order valence-corrected chi connectivity index (χ3v) is 4.83. The van der Waals surface area contributed by atoms with Gasteiger partial charge in [-0.25, -0.2) is 0 Å². The summed E-state index contributed by atoms with van der Waals surface area (Å²) in [5.41, 5.74) is 3.44. The summed E-state index contributed by atoms with van der Waals surface area (Å²) in [5, 5.41) is 13.5. The molecule has 1 N–H and O–H groups in total. The molecule has 2 heterocycles. The second kappa shape index (κ2) is 8.12. The average molecular weight is 339 g/mol. The molecule has 0 bridgehead atoms. The second-order valence-electron chi connectivity index (χ2n) is 6.59. The van der Waals surface area contributed by atoms with Crippen LogP contribution in [0.25, 0.3) is 5.57 Å². The molecular formula is C20H25N3O2. The fourth-order valence-electron chi connectivity index (χ4n) is 3.48. The minimum absolute atomic E-state index is 0.219. The molecule has 1 aliphatic heterocycles. The highest BCUT2D eigenvalue weighted by Gasteiger charge is 2.24. The Bertz CT molecular complexity index is 736. The number of hydrogen-bond acceptors (Lipinski definition) is 3. The number of carboxylic acid groups (broad SMARTS) is 1. The van der Waals surface area contributed by atoms with Gasteiger partial charge in [0.1, 0.15) is 0 Å². The van der Waals surface area contributed by atoms with Crippen LogP contribution in [0.3, 0.4) is 0 Å². The van der Waals surface area contributed by atoms with Crippen LogP contribution in [-0.4, -0.2) is 45.4 Å². The van der Waals surface area contributed by atoms with Gasteiger partial charge in [0.2, 0.25) is 0 Å². The zero-order valence-corrected chi connectivity index (χ0v) is 14.6. The zero-order valence-electron chi connectivity index (χ0n) is 14.6. The van der Waals surface area contributed by atoms with Gasteiger partial charge >= 0.3 is 5.97 Å². The van der Waals surface area contributed by atoms with E-state index in [1.165, 1.54) is 11.1 Å². The number of nitrogens with zero attached hydrogens (tertiary/aromatic N) is 3. The van der Waals surface area contributed by atoms with Crippen LogP contribution >= 0.6 is 0 Å². The largest absolute Gasteiger partial charge is 0.481 e. The maximum Gasteiger partial charge on any atom is 0.307 e. The van der Waals surface area contributed by atoms with E-state index in [2.05, 4.69) is 28.2 Å². The lowest BCUT2D eigenvalue weighted by Crippen LogP contribution is -2.39. The average Bonchev–Trinajstić information content (AvgIpc) is 3.05. The molecule has 1 atom stereocenters. The molecule has 1 unspecified atom stereocenters. The molecule has 0 spiro atoms. The van der Waals surface area contributed by atoms with Gasteiger partial charge in [-0.3, -0.25) is 9.48 Å². The summed E-state index contributed by atoms with van der Waals surface area (Å²) in [6.07, 6.45) is 6.71. The second-order valence-corrected chi connectivity index (χ2v) is 6.59. The van der Waals surface area contributed by atoms with Crippen molar-refractivity contribution in [2.24, 2.45) is 13.0 Å². The van der Waals surface area contributed by atoms with Gasteiger partial charge in [-0.1, -0.05) is 36.4 Å². The highest BCUT2D eigenvalue weighted by molar-refractivity contribution is 5.78. The fraction of sp³-hybridized carbons (Fsp3) is 0.400. The van der Waals surface area contributed by atoms with E-state index in [-0.39, 0.29) is 5.92 Å². The Morgan fingerprint density at radius 2 is 2.12 bits per heavy atom. The molecule has 132 valence electrons. The summed E-state index contributed by atoms with van der Waals surface area (Å²) in [7, 11) is 1.95. The summed E-state index contributed by atoms with van der Waals surface area (Å²) in [6, 6.07) is 12.4. The molecule has 0 radical (unpaired) electrons. The maximum absolute atomic E-state index is 11.2. The minimum Gasteiger partial charge on any atom is -0.481 e. The predicted molar refractivity (Wildman–Crippen MR) is 98.1 cm³/mol. The molecule has 5 heteroatoms. The van der Waals surface area contributed by atoms with E-state index in [9.17, 15) is 9.90 Å². The van der Waals surface area contributed by atoms with E-state index in [1.807, 2.05) is 42.2 Å². The SMILES string of the molecule is Cn1nccc1/C(=C/CCN1CCCC(C(=O)O)C1)c1ccccc1. The Balaban J connectivity index is 1.72. The van der Waals surface area contributed by atoms with Crippen molar-refractivity contribution in [2.45, 2.75) is 19.3 Å². The number of aromatic nitrogens is 2. The van der Waals surface area contributed by atoms with Crippen molar-refractivity contribution in [3.63, 3.8) is 0 Å². The van der Waals surface area contributed by atoms with Crippen molar-refractivity contribution in [1.29, 1.82) is 0 Å². The minimum atomic E-state index is -0.667. The number of benzene rings is 1. The van der Waals surface area contributed by atoms with Gasteiger partial charge in [-0.2, -0.15) is 5.10 Å². The number of rotatable bonds is 6. The first-order valence-electron chi connectivity index (χ1n) is 8.84. The number of carbonyl (C=O) groups is 1. The normalized spacial score (nSPS) is 19.1. The van der Waals surface area contributed by atoms with Crippen LogP contribution in [0.2, 0.25) is 0 Å². The van der Waals surface area contributed by atoms with E-state index < -0.39 is 5.97 Å². The topological polar surface area (TPSA) is 58.4 Å². The summed E-state index contributed by atoms with van der Waals surface area (Å²) in [6.45, 7) is 2.54. The molecule has 0 aliphatic carbocycles. The summed E-state index contributed by atoms with van der Waals surface area (Å²) >= 11 is 0. The van der Waals surface area contributed by atoms with Crippen molar-refractivity contribution in [2.75, 3.05) is 19.6 Å². The van der Waals surface area contributed by atoms with Crippen molar-refractivity contribution in [3.05, 3.63) is 59.9 Å². The molecular weight excluding hydrogens is 314 g/mol. The lowest BCUT2D eigenvalue weighted by Gasteiger charge is -2.30. The van der Waals surface area contributed by atoms with Crippen molar-refractivity contribution < 1.29 is 9.90 Å². The third-order valence-electron chi connectivity index (χ3n) is 4.83. The number of carboxylic acids is 1. The van der Waals surface area contributed by atoms with Crippen LogP contribution in [0.1, 0.15) is 30.5 Å². The van der Waals surface area contributed by atoms with Crippen molar-refractivity contribution >= 4 is 11.5 Å². The molecule has 2 aromatic rings. The zero-order chi connectivity index (χ0) is 17.6. The van der Waals surface area contributed by atoms with Gasteiger partial charge in [0.25, 0.3) is 0 Å². The number of piperidine rings is 1. The van der Waals surface area contributed by atoms with Crippen molar-refractivity contribution in [1.82, 2.24) is 14.7 Å². The standard InChI is InChI=1S/C20H25N3O2/c1-22-19(11-12-21-22)18(16-7-3-2-4-8-16)10-6-14-23-13-5-9-17(15-23)20(24)25/h2-4,7-8,10-12,17H,5-6,9,13-15H2,1H3,(H,24,25)/b18-10+. The molecule has 3 rings (SSSR count). The molecule has 1 aromatic carbocycles. The molecule has 0 saturated carbocycles. The van der Waals surface area contributed by atoms with Gasteiger partial charge in [0, 0.05) is 31.9 Å². The Morgan fingerprint density at radius 3 is 2.80 bits per heavy atom. The third kappa shape index (κ3) is 4.37. The van der Waals surface area contributed by atoms with E-state index >= 15 is 0 Å². The molecule has 1 aliphatic rings. The number of aliphatic carboxylic acids is 1. The van der Waals surface area contributed by atoms with Crippen LogP contribution in [-0.2, 0) is 11.8 Å². The Kier molecular flexibility index (Phi) is 5.66. The smallest absolute Gasteiger partial charge is 0.307 e. The van der Waals surface area contributed by atoms with Gasteiger partial charge in [-0.05, 0) is 37.4 Å². The summed E-state index contributed by atoms with van der Waals surface area (Å²) < 4.78 is 1.89. The first kappa shape index (κ1) is 17.4. The molecule has 25 heavy (non-hydrogen) atoms. The van der Waals surface area contributed by atoms with Gasteiger partial charge in [-0.15, -0.1) is 0 Å². The Labute approximate surface area is 148 Å². The Hall–Kier alpha value is -2.40. The van der Waals surface area contributed by atoms with E-state index in [1.54, 1.807) is 0 Å². The number of hydrogen-bond donors (Lipinski definition) is 1. The predicted octanol–water partition coefficient (Wildman–Crippen LogP) is 3.04. The molecule has 1 saturated heterocycles. The summed E-state index contributed by atoms with van der Waals surface area (Å²) in [4.78, 5) is 13.5. The number of aryl methyl sites for hydroxylation is 1. The van der Waals surface area contributed by atoms with E-state index in [0.717, 1.165) is 38.0 Å². The van der Waals surface area contributed by atoms with Crippen molar-refractivity contribution in [3.8, 4) is 0 Å². The first-order valence-corrected chi connectivity index (χ1v) is 8.84. The van der Waals surface area contributed by atoms with Crippen LogP contribution in [0.15, 0.2) is 48.7 Å². The highest BCUT2D eigenvalue weighted by Crippen LogP contribution is 2.24. The monoisotopic (exact) mass is 339 g/mol. The molecule has 5 nitrogen and oxygen atoms in total. The highest BCUT2D eigenvalue weighted by atomic mass is 16.4. The quantitative estimate of drug-likeness (QED) is 0.879. The Morgan fingerprint density at radius 1 is 1.32 bits per heavy atom. The molecule has 1 aromatic heterocycles. The van der Waals surface area contributed by atoms with Gasteiger partial charge < -0.3 is 10.0 Å². The van der Waals surface area contributed by atoms with Gasteiger partial charge in [0.05, 0.1) is 11.6 Å². The lowest BCUT2D eigenvalue weighted by atomic mass is 9.97. The van der Waals surface area contributed by atoms with Crippen LogP contribution in [0.5, 0.6) is 0 Å². The molecule has 0 amide bonds. The number of likely N-dealkylation sites (tertiary alicyclic amines) is 1.